The third-order valence-corrected chi connectivity index (χ3v) is 3.74. The Kier molecular flexibility index (Phi) is 4.70. The van der Waals surface area contributed by atoms with E-state index in [2.05, 4.69) is 83.0 Å². The van der Waals surface area contributed by atoms with E-state index in [1.165, 1.54) is 16.7 Å². The summed E-state index contributed by atoms with van der Waals surface area (Å²) in [6.07, 6.45) is 1.63. The second-order valence-corrected chi connectivity index (χ2v) is 5.95. The van der Waals surface area contributed by atoms with Gasteiger partial charge in [0, 0.05) is 12.2 Å². The van der Waals surface area contributed by atoms with Crippen LogP contribution in [0.1, 0.15) is 22.3 Å². The summed E-state index contributed by atoms with van der Waals surface area (Å²) in [6.45, 7) is 6.92. The van der Waals surface area contributed by atoms with Gasteiger partial charge in [-0.05, 0) is 38.0 Å². The minimum absolute atomic E-state index is 0.483. The van der Waals surface area contributed by atoms with Gasteiger partial charge in [0.05, 0.1) is 6.20 Å². The van der Waals surface area contributed by atoms with E-state index in [9.17, 15) is 0 Å². The van der Waals surface area contributed by atoms with E-state index in [0.717, 1.165) is 11.3 Å². The molecule has 0 spiro atoms. The van der Waals surface area contributed by atoms with E-state index in [0.29, 0.717) is 18.3 Å². The molecule has 1 aromatic heterocycles. The summed E-state index contributed by atoms with van der Waals surface area (Å²) in [4.78, 5) is 4.47. The van der Waals surface area contributed by atoms with E-state index in [1.807, 2.05) is 6.07 Å². The predicted octanol–water partition coefficient (Wildman–Crippen LogP) is 4.15. The molecule has 0 radical (unpaired) electrons. The average molecular weight is 319 g/mol. The predicted molar refractivity (Wildman–Crippen MR) is 97.5 cm³/mol. The lowest BCUT2D eigenvalue weighted by Crippen LogP contribution is -2.06. The molecular weight excluding hydrogens is 298 g/mol. The molecule has 5 nitrogen and oxygen atoms in total. The van der Waals surface area contributed by atoms with Gasteiger partial charge in [-0.2, -0.15) is 10.1 Å². The molecule has 0 bridgehead atoms. The maximum absolute atomic E-state index is 4.47. The van der Waals surface area contributed by atoms with Crippen molar-refractivity contribution < 1.29 is 0 Å². The van der Waals surface area contributed by atoms with Crippen LogP contribution in [-0.4, -0.2) is 15.2 Å². The minimum Gasteiger partial charge on any atom is -0.365 e. The van der Waals surface area contributed by atoms with Gasteiger partial charge < -0.3 is 10.6 Å². The highest BCUT2D eigenvalue weighted by molar-refractivity contribution is 5.59. The van der Waals surface area contributed by atoms with Crippen molar-refractivity contribution in [3.05, 3.63) is 70.9 Å². The Bertz CT molecular complexity index is 845. The van der Waals surface area contributed by atoms with Gasteiger partial charge in [-0.25, -0.2) is 0 Å². The summed E-state index contributed by atoms with van der Waals surface area (Å²) in [7, 11) is 0. The van der Waals surface area contributed by atoms with Crippen LogP contribution >= 0.6 is 0 Å². The molecule has 2 N–H and O–H groups in total. The summed E-state index contributed by atoms with van der Waals surface area (Å²) in [5.74, 6) is 1.18. The number of anilines is 3. The number of hydrogen-bond acceptors (Lipinski definition) is 5. The van der Waals surface area contributed by atoms with Crippen LogP contribution in [0, 0.1) is 20.8 Å². The van der Waals surface area contributed by atoms with Crippen LogP contribution < -0.4 is 10.6 Å². The van der Waals surface area contributed by atoms with Crippen LogP contribution in [-0.2, 0) is 6.54 Å². The first-order valence-corrected chi connectivity index (χ1v) is 7.93. The SMILES string of the molecule is Cc1cccc(CNc2cnnc(Nc3ccc(C)cc3C)n2)c1. The Hall–Kier alpha value is -2.95. The van der Waals surface area contributed by atoms with Crippen molar-refractivity contribution in [2.24, 2.45) is 0 Å². The fourth-order valence-corrected chi connectivity index (χ4v) is 2.53. The number of nitrogens with zero attached hydrogens (tertiary/aromatic N) is 3. The molecule has 3 rings (SSSR count). The van der Waals surface area contributed by atoms with Crippen molar-refractivity contribution in [3.8, 4) is 0 Å². The summed E-state index contributed by atoms with van der Waals surface area (Å²) < 4.78 is 0. The van der Waals surface area contributed by atoms with Gasteiger partial charge in [0.2, 0.25) is 5.95 Å². The molecule has 0 atom stereocenters. The Labute approximate surface area is 142 Å². The van der Waals surface area contributed by atoms with Crippen LogP contribution in [0.5, 0.6) is 0 Å². The Morgan fingerprint density at radius 3 is 2.58 bits per heavy atom. The van der Waals surface area contributed by atoms with Crippen molar-refractivity contribution >= 4 is 17.5 Å². The number of aryl methyl sites for hydroxylation is 3. The van der Waals surface area contributed by atoms with Crippen LogP contribution in [0.2, 0.25) is 0 Å². The topological polar surface area (TPSA) is 62.7 Å². The zero-order chi connectivity index (χ0) is 16.9. The molecule has 5 heteroatoms. The van der Waals surface area contributed by atoms with E-state index >= 15 is 0 Å². The van der Waals surface area contributed by atoms with Gasteiger partial charge in [-0.15, -0.1) is 5.10 Å². The highest BCUT2D eigenvalue weighted by Crippen LogP contribution is 2.19. The standard InChI is InChI=1S/C19H21N5/c1-13-5-4-6-16(10-13)11-20-18-12-21-24-19(23-18)22-17-8-7-14(2)9-15(17)3/h4-10,12H,11H2,1-3H3,(H2,20,22,23,24). The van der Waals surface area contributed by atoms with E-state index in [1.54, 1.807) is 6.20 Å². The molecule has 0 saturated heterocycles. The van der Waals surface area contributed by atoms with Crippen molar-refractivity contribution in [2.45, 2.75) is 27.3 Å². The van der Waals surface area contributed by atoms with Crippen LogP contribution in [0.15, 0.2) is 48.7 Å². The molecule has 0 aliphatic carbocycles. The molecular formula is C19H21N5. The van der Waals surface area contributed by atoms with Gasteiger partial charge in [0.15, 0.2) is 5.82 Å². The number of nitrogens with one attached hydrogen (secondary N) is 2. The molecule has 24 heavy (non-hydrogen) atoms. The molecule has 0 amide bonds. The van der Waals surface area contributed by atoms with E-state index < -0.39 is 0 Å². The normalized spacial score (nSPS) is 10.5. The largest absolute Gasteiger partial charge is 0.365 e. The first kappa shape index (κ1) is 15.9. The van der Waals surface area contributed by atoms with Gasteiger partial charge in [0.25, 0.3) is 0 Å². The first-order chi connectivity index (χ1) is 11.6. The zero-order valence-electron chi connectivity index (χ0n) is 14.2. The Balaban J connectivity index is 1.69. The molecule has 0 unspecified atom stereocenters. The number of benzene rings is 2. The lowest BCUT2D eigenvalue weighted by Gasteiger charge is -2.10. The fourth-order valence-electron chi connectivity index (χ4n) is 2.53. The highest BCUT2D eigenvalue weighted by Gasteiger charge is 2.04. The number of rotatable bonds is 5. The summed E-state index contributed by atoms with van der Waals surface area (Å²) in [6, 6.07) is 14.6. The third-order valence-electron chi connectivity index (χ3n) is 3.74. The molecule has 0 fully saturated rings. The number of hydrogen-bond donors (Lipinski definition) is 2. The van der Waals surface area contributed by atoms with E-state index in [-0.39, 0.29) is 0 Å². The lowest BCUT2D eigenvalue weighted by atomic mass is 10.1. The molecule has 0 aliphatic heterocycles. The monoisotopic (exact) mass is 319 g/mol. The molecule has 0 saturated carbocycles. The highest BCUT2D eigenvalue weighted by atomic mass is 15.3. The Morgan fingerprint density at radius 1 is 0.958 bits per heavy atom. The molecule has 1 heterocycles. The van der Waals surface area contributed by atoms with Crippen molar-refractivity contribution in [3.63, 3.8) is 0 Å². The van der Waals surface area contributed by atoms with Crippen molar-refractivity contribution in [1.29, 1.82) is 0 Å². The van der Waals surface area contributed by atoms with E-state index in [4.69, 9.17) is 0 Å². The van der Waals surface area contributed by atoms with Crippen LogP contribution in [0.25, 0.3) is 0 Å². The maximum Gasteiger partial charge on any atom is 0.249 e. The average Bonchev–Trinajstić information content (AvgIpc) is 2.56. The zero-order valence-corrected chi connectivity index (χ0v) is 14.2. The van der Waals surface area contributed by atoms with Gasteiger partial charge in [-0.1, -0.05) is 47.5 Å². The van der Waals surface area contributed by atoms with Crippen LogP contribution in [0.4, 0.5) is 17.5 Å². The molecule has 2 aromatic carbocycles. The molecule has 3 aromatic rings. The third kappa shape index (κ3) is 4.07. The maximum atomic E-state index is 4.47. The first-order valence-electron chi connectivity index (χ1n) is 7.93. The summed E-state index contributed by atoms with van der Waals surface area (Å²) >= 11 is 0. The Morgan fingerprint density at radius 2 is 1.79 bits per heavy atom. The van der Waals surface area contributed by atoms with Gasteiger partial charge >= 0.3 is 0 Å². The summed E-state index contributed by atoms with van der Waals surface area (Å²) in [5.41, 5.74) is 5.81. The minimum atomic E-state index is 0.483. The number of aromatic nitrogens is 3. The lowest BCUT2D eigenvalue weighted by molar-refractivity contribution is 0.965. The smallest absolute Gasteiger partial charge is 0.249 e. The van der Waals surface area contributed by atoms with Gasteiger partial charge in [0.1, 0.15) is 0 Å². The molecule has 122 valence electrons. The van der Waals surface area contributed by atoms with Crippen molar-refractivity contribution in [1.82, 2.24) is 15.2 Å². The summed E-state index contributed by atoms with van der Waals surface area (Å²) in [5, 5.41) is 14.6. The quantitative estimate of drug-likeness (QED) is 0.739. The van der Waals surface area contributed by atoms with Gasteiger partial charge in [-0.3, -0.25) is 0 Å². The fraction of sp³-hybridized carbons (Fsp3) is 0.211. The molecule has 0 aliphatic rings. The second-order valence-electron chi connectivity index (χ2n) is 5.95. The van der Waals surface area contributed by atoms with Crippen LogP contribution in [0.3, 0.4) is 0 Å². The second kappa shape index (κ2) is 7.08. The van der Waals surface area contributed by atoms with Crippen molar-refractivity contribution in [2.75, 3.05) is 10.6 Å².